The van der Waals surface area contributed by atoms with Crippen molar-refractivity contribution in [1.29, 1.82) is 0 Å². The monoisotopic (exact) mass is 430 g/mol. The Kier molecular flexibility index (Phi) is 4.47. The number of aryl methyl sites for hydroxylation is 1. The van der Waals surface area contributed by atoms with Gasteiger partial charge in [0.05, 0.1) is 11.8 Å². The lowest BCUT2D eigenvalue weighted by atomic mass is 10.2. The Labute approximate surface area is 183 Å². The van der Waals surface area contributed by atoms with E-state index in [9.17, 15) is 0 Å². The third kappa shape index (κ3) is 3.19. The Morgan fingerprint density at radius 2 is 1.87 bits per heavy atom. The molecule has 0 bridgehead atoms. The highest BCUT2D eigenvalue weighted by Crippen LogP contribution is 2.29. The van der Waals surface area contributed by atoms with Gasteiger partial charge < -0.3 is 9.32 Å². The van der Waals surface area contributed by atoms with Gasteiger partial charge in [0.15, 0.2) is 11.4 Å². The number of hydrogen-bond donors (Lipinski definition) is 0. The molecule has 1 aliphatic heterocycles. The van der Waals surface area contributed by atoms with Gasteiger partial charge in [-0.1, -0.05) is 12.1 Å². The first-order valence-electron chi connectivity index (χ1n) is 10.5. The molecule has 0 N–H and O–H groups in total. The first-order valence-corrected chi connectivity index (χ1v) is 11.3. The third-order valence-corrected chi connectivity index (χ3v) is 6.97. The summed E-state index contributed by atoms with van der Waals surface area (Å²) >= 11 is 1.85. The summed E-state index contributed by atoms with van der Waals surface area (Å²) in [6.07, 6.45) is 1.66. The maximum atomic E-state index is 5.65. The molecule has 0 amide bonds. The molecule has 7 nitrogen and oxygen atoms in total. The zero-order valence-corrected chi connectivity index (χ0v) is 18.0. The Morgan fingerprint density at radius 1 is 1.00 bits per heavy atom. The van der Waals surface area contributed by atoms with Gasteiger partial charge in [-0.05, 0) is 48.2 Å². The van der Waals surface area contributed by atoms with Gasteiger partial charge in [-0.15, -0.1) is 21.5 Å². The molecule has 0 radical (unpaired) electrons. The standard InChI is InChI=1S/C23H22N6OS/c1-16-8-14-31-20(16)15-27-9-11-28(12-10-27)23-24-18-6-3-2-5-17(18)21-25-26-22(29(21)23)19-7-4-13-30-19/h2-8,13-14H,9-12,15H2,1H3. The number of piperazine rings is 1. The molecule has 6 rings (SSSR count). The number of anilines is 1. The molecule has 1 aliphatic rings. The zero-order valence-electron chi connectivity index (χ0n) is 17.2. The van der Waals surface area contributed by atoms with E-state index in [4.69, 9.17) is 9.40 Å². The Bertz CT molecular complexity index is 1350. The van der Waals surface area contributed by atoms with Crippen molar-refractivity contribution in [2.75, 3.05) is 31.1 Å². The molecule has 0 aliphatic carbocycles. The number of thiophene rings is 1. The normalized spacial score (nSPS) is 15.3. The number of benzene rings is 1. The van der Waals surface area contributed by atoms with Crippen LogP contribution in [0.5, 0.6) is 0 Å². The number of para-hydroxylation sites is 1. The molecule has 1 saturated heterocycles. The fourth-order valence-electron chi connectivity index (χ4n) is 4.22. The number of nitrogens with zero attached hydrogens (tertiary/aromatic N) is 6. The van der Waals surface area contributed by atoms with Gasteiger partial charge in [0.1, 0.15) is 0 Å². The minimum atomic E-state index is 0.685. The van der Waals surface area contributed by atoms with Crippen LogP contribution in [-0.4, -0.2) is 50.7 Å². The molecule has 1 fully saturated rings. The van der Waals surface area contributed by atoms with Gasteiger partial charge in [0.2, 0.25) is 11.8 Å². The minimum absolute atomic E-state index is 0.685. The van der Waals surface area contributed by atoms with Crippen molar-refractivity contribution in [2.24, 2.45) is 0 Å². The molecule has 0 spiro atoms. The highest BCUT2D eigenvalue weighted by atomic mass is 32.1. The van der Waals surface area contributed by atoms with E-state index in [2.05, 4.69) is 38.4 Å². The lowest BCUT2D eigenvalue weighted by Crippen LogP contribution is -2.46. The maximum Gasteiger partial charge on any atom is 0.213 e. The molecular formula is C23H22N6OS. The predicted molar refractivity (Wildman–Crippen MR) is 123 cm³/mol. The van der Waals surface area contributed by atoms with E-state index in [1.165, 1.54) is 10.4 Å². The van der Waals surface area contributed by atoms with Crippen LogP contribution in [0, 0.1) is 6.92 Å². The summed E-state index contributed by atoms with van der Waals surface area (Å²) in [6, 6.07) is 14.1. The quantitative estimate of drug-likeness (QED) is 0.425. The molecule has 5 heterocycles. The highest BCUT2D eigenvalue weighted by molar-refractivity contribution is 7.10. The van der Waals surface area contributed by atoms with E-state index < -0.39 is 0 Å². The van der Waals surface area contributed by atoms with Crippen molar-refractivity contribution in [3.8, 4) is 11.6 Å². The van der Waals surface area contributed by atoms with Crippen LogP contribution >= 0.6 is 11.3 Å². The second kappa shape index (κ2) is 7.47. The van der Waals surface area contributed by atoms with Crippen LogP contribution in [0.1, 0.15) is 10.4 Å². The van der Waals surface area contributed by atoms with Gasteiger partial charge in [-0.2, -0.15) is 0 Å². The summed E-state index contributed by atoms with van der Waals surface area (Å²) in [7, 11) is 0. The zero-order chi connectivity index (χ0) is 20.8. The maximum absolute atomic E-state index is 5.65. The number of aromatic nitrogens is 4. The van der Waals surface area contributed by atoms with Crippen LogP contribution in [0.3, 0.4) is 0 Å². The summed E-state index contributed by atoms with van der Waals surface area (Å²) in [6.45, 7) is 7.00. The molecule has 5 aromatic rings. The van der Waals surface area contributed by atoms with Crippen molar-refractivity contribution in [2.45, 2.75) is 13.5 Å². The van der Waals surface area contributed by atoms with Crippen molar-refractivity contribution in [1.82, 2.24) is 24.5 Å². The SMILES string of the molecule is Cc1ccsc1CN1CCN(c2nc3ccccc3c3nnc(-c4ccco4)n23)CC1. The average molecular weight is 431 g/mol. The van der Waals surface area contributed by atoms with Crippen LogP contribution in [0.4, 0.5) is 5.95 Å². The van der Waals surface area contributed by atoms with Crippen molar-refractivity contribution >= 4 is 33.8 Å². The number of rotatable bonds is 4. The van der Waals surface area contributed by atoms with Crippen LogP contribution in [-0.2, 0) is 6.54 Å². The number of hydrogen-bond acceptors (Lipinski definition) is 7. The van der Waals surface area contributed by atoms with Gasteiger partial charge in [0, 0.05) is 43.0 Å². The van der Waals surface area contributed by atoms with Crippen LogP contribution in [0.25, 0.3) is 28.1 Å². The Hall–Kier alpha value is -3.23. The van der Waals surface area contributed by atoms with Crippen LogP contribution < -0.4 is 4.90 Å². The van der Waals surface area contributed by atoms with Crippen molar-refractivity contribution in [3.05, 3.63) is 64.5 Å². The molecule has 0 saturated carbocycles. The first kappa shape index (κ1) is 18.5. The molecule has 0 unspecified atom stereocenters. The summed E-state index contributed by atoms with van der Waals surface area (Å²) in [5.74, 6) is 2.25. The second-order valence-corrected chi connectivity index (χ2v) is 8.88. The van der Waals surface area contributed by atoms with Crippen LogP contribution in [0.2, 0.25) is 0 Å². The molecule has 8 heteroatoms. The fourth-order valence-corrected chi connectivity index (χ4v) is 5.17. The van der Waals surface area contributed by atoms with E-state index >= 15 is 0 Å². The molecule has 4 aromatic heterocycles. The third-order valence-electron chi connectivity index (χ3n) is 5.96. The van der Waals surface area contributed by atoms with Crippen LogP contribution in [0.15, 0.2) is 58.5 Å². The van der Waals surface area contributed by atoms with E-state index in [1.807, 2.05) is 52.1 Å². The first-order chi connectivity index (χ1) is 15.3. The molecule has 31 heavy (non-hydrogen) atoms. The summed E-state index contributed by atoms with van der Waals surface area (Å²) in [5, 5.41) is 12.1. The largest absolute Gasteiger partial charge is 0.461 e. The van der Waals surface area contributed by atoms with Crippen molar-refractivity contribution in [3.63, 3.8) is 0 Å². The number of fused-ring (bicyclic) bond motifs is 3. The van der Waals surface area contributed by atoms with E-state index in [1.54, 1.807) is 6.26 Å². The summed E-state index contributed by atoms with van der Waals surface area (Å²) < 4.78 is 7.69. The highest BCUT2D eigenvalue weighted by Gasteiger charge is 2.25. The average Bonchev–Trinajstić information content (AvgIpc) is 3.55. The molecular weight excluding hydrogens is 408 g/mol. The lowest BCUT2D eigenvalue weighted by molar-refractivity contribution is 0.250. The van der Waals surface area contributed by atoms with Gasteiger partial charge in [-0.25, -0.2) is 9.38 Å². The predicted octanol–water partition coefficient (Wildman–Crippen LogP) is 4.23. The van der Waals surface area contributed by atoms with E-state index in [0.717, 1.165) is 55.2 Å². The molecule has 0 atom stereocenters. The van der Waals surface area contributed by atoms with Gasteiger partial charge >= 0.3 is 0 Å². The summed E-state index contributed by atoms with van der Waals surface area (Å²) in [4.78, 5) is 11.4. The number of furan rings is 1. The lowest BCUT2D eigenvalue weighted by Gasteiger charge is -2.35. The van der Waals surface area contributed by atoms with Gasteiger partial charge in [0.25, 0.3) is 0 Å². The van der Waals surface area contributed by atoms with E-state index in [0.29, 0.717) is 11.6 Å². The Morgan fingerprint density at radius 3 is 2.65 bits per heavy atom. The molecule has 1 aromatic carbocycles. The van der Waals surface area contributed by atoms with E-state index in [-0.39, 0.29) is 0 Å². The summed E-state index contributed by atoms with van der Waals surface area (Å²) in [5.41, 5.74) is 3.13. The topological polar surface area (TPSA) is 62.7 Å². The van der Waals surface area contributed by atoms with Crippen molar-refractivity contribution < 1.29 is 4.42 Å². The molecule has 156 valence electrons. The minimum Gasteiger partial charge on any atom is -0.461 e. The Balaban J connectivity index is 1.38. The second-order valence-electron chi connectivity index (χ2n) is 7.88. The fraction of sp³-hybridized carbons (Fsp3) is 0.261. The van der Waals surface area contributed by atoms with Gasteiger partial charge in [-0.3, -0.25) is 4.90 Å². The smallest absolute Gasteiger partial charge is 0.213 e.